The van der Waals surface area contributed by atoms with Gasteiger partial charge in [-0.1, -0.05) is 6.07 Å². The minimum atomic E-state index is -0.731. The van der Waals surface area contributed by atoms with Crippen molar-refractivity contribution in [3.63, 3.8) is 0 Å². The van der Waals surface area contributed by atoms with Crippen molar-refractivity contribution in [2.24, 2.45) is 5.73 Å². The zero-order valence-electron chi connectivity index (χ0n) is 12.7. The average Bonchev–Trinajstić information content (AvgIpc) is 2.88. The maximum Gasteiger partial charge on any atom is 0.239 e. The quantitative estimate of drug-likeness (QED) is 0.765. The number of rotatable bonds is 6. The Balaban J connectivity index is 2.00. The van der Waals surface area contributed by atoms with Crippen LogP contribution < -0.4 is 20.7 Å². The fourth-order valence-electron chi connectivity index (χ4n) is 2.40. The molecule has 7 heteroatoms. The van der Waals surface area contributed by atoms with Crippen molar-refractivity contribution in [3.05, 3.63) is 24.3 Å². The van der Waals surface area contributed by atoms with E-state index in [0.717, 1.165) is 5.69 Å². The minimum Gasteiger partial charge on any atom is -0.497 e. The first-order valence-electron chi connectivity index (χ1n) is 7.04. The van der Waals surface area contributed by atoms with Crippen LogP contribution in [0.4, 0.5) is 5.69 Å². The largest absolute Gasteiger partial charge is 0.497 e. The summed E-state index contributed by atoms with van der Waals surface area (Å²) >= 11 is 0. The summed E-state index contributed by atoms with van der Waals surface area (Å²) in [5.74, 6) is 0.325. The molecule has 2 rings (SSSR count). The van der Waals surface area contributed by atoms with Crippen LogP contribution in [0.25, 0.3) is 0 Å². The smallest absolute Gasteiger partial charge is 0.239 e. The van der Waals surface area contributed by atoms with Crippen molar-refractivity contribution in [3.8, 4) is 5.75 Å². The van der Waals surface area contributed by atoms with Crippen molar-refractivity contribution in [1.29, 1.82) is 0 Å². The average molecular weight is 307 g/mol. The summed E-state index contributed by atoms with van der Waals surface area (Å²) in [4.78, 5) is 25.6. The van der Waals surface area contributed by atoms with Crippen LogP contribution in [0.2, 0.25) is 0 Å². The highest BCUT2D eigenvalue weighted by Gasteiger charge is 2.32. The summed E-state index contributed by atoms with van der Waals surface area (Å²) in [5.41, 5.74) is 6.42. The van der Waals surface area contributed by atoms with Gasteiger partial charge in [0.15, 0.2) is 0 Å². The molecular weight excluding hydrogens is 286 g/mol. The molecule has 22 heavy (non-hydrogen) atoms. The van der Waals surface area contributed by atoms with Gasteiger partial charge in [-0.2, -0.15) is 0 Å². The van der Waals surface area contributed by atoms with E-state index in [4.69, 9.17) is 15.2 Å². The lowest BCUT2D eigenvalue weighted by Gasteiger charge is -2.19. The second kappa shape index (κ2) is 7.24. The Labute approximate surface area is 129 Å². The first kappa shape index (κ1) is 16.3. The van der Waals surface area contributed by atoms with Crippen molar-refractivity contribution in [1.82, 2.24) is 5.32 Å². The molecule has 1 aliphatic rings. The highest BCUT2D eigenvalue weighted by Crippen LogP contribution is 2.25. The minimum absolute atomic E-state index is 0.0427. The predicted octanol–water partition coefficient (Wildman–Crippen LogP) is -0.110. The molecule has 3 N–H and O–H groups in total. The van der Waals surface area contributed by atoms with Gasteiger partial charge >= 0.3 is 0 Å². The third-order valence-electron chi connectivity index (χ3n) is 3.52. The lowest BCUT2D eigenvalue weighted by molar-refractivity contribution is -0.124. The molecule has 0 spiro atoms. The molecule has 2 atom stereocenters. The zero-order valence-corrected chi connectivity index (χ0v) is 12.7. The highest BCUT2D eigenvalue weighted by atomic mass is 16.5. The monoisotopic (exact) mass is 307 g/mol. The Morgan fingerprint density at radius 1 is 1.50 bits per heavy atom. The number of amides is 2. The van der Waals surface area contributed by atoms with Crippen molar-refractivity contribution in [2.45, 2.75) is 18.5 Å². The third kappa shape index (κ3) is 3.75. The number of nitrogens with one attached hydrogen (secondary N) is 1. The predicted molar refractivity (Wildman–Crippen MR) is 81.7 cm³/mol. The fraction of sp³-hybridized carbons (Fsp3) is 0.467. The number of anilines is 1. The van der Waals surface area contributed by atoms with Crippen LogP contribution in [0, 0.1) is 0 Å². The number of hydrogen-bond donors (Lipinski definition) is 2. The molecule has 0 radical (unpaired) electrons. The molecule has 0 aliphatic carbocycles. The standard InChI is InChI=1S/C15H21N3O4/c1-21-9-13(16)15(20)17-10-6-14(19)18(8-10)11-4-3-5-12(7-11)22-2/h3-5,7,10,13H,6,8-9,16H2,1-2H3,(H,17,20). The molecular formula is C15H21N3O4. The first-order valence-corrected chi connectivity index (χ1v) is 7.04. The van der Waals surface area contributed by atoms with Gasteiger partial charge in [0.25, 0.3) is 0 Å². The van der Waals surface area contributed by atoms with Gasteiger partial charge in [-0.3, -0.25) is 9.59 Å². The first-order chi connectivity index (χ1) is 10.5. The van der Waals surface area contributed by atoms with Gasteiger partial charge in [-0.05, 0) is 12.1 Å². The summed E-state index contributed by atoms with van der Waals surface area (Å²) < 4.78 is 10.0. The van der Waals surface area contributed by atoms with Crippen LogP contribution >= 0.6 is 0 Å². The SMILES string of the molecule is COCC(N)C(=O)NC1CC(=O)N(c2cccc(OC)c2)C1. The van der Waals surface area contributed by atoms with Crippen molar-refractivity contribution in [2.75, 3.05) is 32.3 Å². The van der Waals surface area contributed by atoms with Crippen LogP contribution in [0.15, 0.2) is 24.3 Å². The van der Waals surface area contributed by atoms with Gasteiger partial charge in [0.2, 0.25) is 11.8 Å². The third-order valence-corrected chi connectivity index (χ3v) is 3.52. The molecule has 1 aromatic rings. The maximum atomic E-state index is 12.1. The molecule has 1 saturated heterocycles. The van der Waals surface area contributed by atoms with Gasteiger partial charge in [0, 0.05) is 31.8 Å². The van der Waals surface area contributed by atoms with E-state index in [0.29, 0.717) is 12.3 Å². The van der Waals surface area contributed by atoms with Gasteiger partial charge in [-0.15, -0.1) is 0 Å². The summed E-state index contributed by atoms with van der Waals surface area (Å²) in [7, 11) is 3.06. The topological polar surface area (TPSA) is 93.9 Å². The molecule has 2 amide bonds. The Morgan fingerprint density at radius 2 is 2.27 bits per heavy atom. The van der Waals surface area contributed by atoms with Crippen LogP contribution in [-0.2, 0) is 14.3 Å². The zero-order chi connectivity index (χ0) is 16.1. The van der Waals surface area contributed by atoms with Crippen LogP contribution in [-0.4, -0.2) is 51.3 Å². The van der Waals surface area contributed by atoms with Gasteiger partial charge in [0.1, 0.15) is 11.8 Å². The van der Waals surface area contributed by atoms with Crippen LogP contribution in [0.1, 0.15) is 6.42 Å². The van der Waals surface area contributed by atoms with E-state index in [1.807, 2.05) is 18.2 Å². The summed E-state index contributed by atoms with van der Waals surface area (Å²) in [6.07, 6.45) is 0.253. The fourth-order valence-corrected chi connectivity index (χ4v) is 2.40. The Kier molecular flexibility index (Phi) is 5.35. The van der Waals surface area contributed by atoms with E-state index in [2.05, 4.69) is 5.32 Å². The molecule has 2 unspecified atom stereocenters. The van der Waals surface area contributed by atoms with E-state index < -0.39 is 6.04 Å². The maximum absolute atomic E-state index is 12.1. The van der Waals surface area contributed by atoms with Gasteiger partial charge < -0.3 is 25.4 Å². The van der Waals surface area contributed by atoms with Gasteiger partial charge in [0.05, 0.1) is 19.8 Å². The molecule has 7 nitrogen and oxygen atoms in total. The lowest BCUT2D eigenvalue weighted by atomic mass is 10.2. The molecule has 1 fully saturated rings. The van der Waals surface area contributed by atoms with Crippen LogP contribution in [0.3, 0.4) is 0 Å². The molecule has 120 valence electrons. The normalized spacial score (nSPS) is 19.1. The number of methoxy groups -OCH3 is 2. The Hall–Kier alpha value is -2.12. The number of carbonyl (C=O) groups is 2. The van der Waals surface area contributed by atoms with E-state index in [-0.39, 0.29) is 30.9 Å². The highest BCUT2D eigenvalue weighted by molar-refractivity contribution is 5.97. The number of carbonyl (C=O) groups excluding carboxylic acids is 2. The second-order valence-corrected chi connectivity index (χ2v) is 5.18. The molecule has 1 aromatic carbocycles. The molecule has 1 heterocycles. The van der Waals surface area contributed by atoms with E-state index in [1.54, 1.807) is 18.1 Å². The summed E-state index contributed by atoms with van der Waals surface area (Å²) in [6.45, 7) is 0.559. The lowest BCUT2D eigenvalue weighted by Crippen LogP contribution is -2.48. The second-order valence-electron chi connectivity index (χ2n) is 5.18. The Morgan fingerprint density at radius 3 is 2.95 bits per heavy atom. The van der Waals surface area contributed by atoms with Crippen LogP contribution in [0.5, 0.6) is 5.75 Å². The molecule has 1 aliphatic heterocycles. The molecule has 0 bridgehead atoms. The van der Waals surface area contributed by atoms with Gasteiger partial charge in [-0.25, -0.2) is 0 Å². The van der Waals surface area contributed by atoms with Crippen molar-refractivity contribution < 1.29 is 19.1 Å². The van der Waals surface area contributed by atoms with Crippen molar-refractivity contribution >= 4 is 17.5 Å². The number of nitrogens with zero attached hydrogens (tertiary/aromatic N) is 1. The molecule has 0 aromatic heterocycles. The number of nitrogens with two attached hydrogens (primary N) is 1. The number of ether oxygens (including phenoxy) is 2. The van der Waals surface area contributed by atoms with E-state index in [1.165, 1.54) is 7.11 Å². The molecule has 0 saturated carbocycles. The number of hydrogen-bond acceptors (Lipinski definition) is 5. The Bertz CT molecular complexity index is 549. The summed E-state index contributed by atoms with van der Waals surface area (Å²) in [6, 6.07) is 6.27. The van der Waals surface area contributed by atoms with E-state index >= 15 is 0 Å². The summed E-state index contributed by atoms with van der Waals surface area (Å²) in [5, 5.41) is 2.78. The van der Waals surface area contributed by atoms with E-state index in [9.17, 15) is 9.59 Å². The number of benzene rings is 1.